The van der Waals surface area contributed by atoms with Gasteiger partial charge >= 0.3 is 0 Å². The minimum absolute atomic E-state index is 0.160. The number of nitrogen functional groups attached to an aromatic ring is 1. The second-order valence-electron chi connectivity index (χ2n) is 5.80. The monoisotopic (exact) mass is 290 g/mol. The van der Waals surface area contributed by atoms with Crippen LogP contribution < -0.4 is 16.4 Å². The average molecular weight is 290 g/mol. The first-order valence-electron chi connectivity index (χ1n) is 7.96. The summed E-state index contributed by atoms with van der Waals surface area (Å²) in [7, 11) is 0. The number of hydrogen-bond donors (Lipinski definition) is 3. The van der Waals surface area contributed by atoms with E-state index in [1.807, 2.05) is 6.07 Å². The molecule has 0 spiro atoms. The van der Waals surface area contributed by atoms with Crippen molar-refractivity contribution in [1.82, 2.24) is 10.3 Å². The fourth-order valence-corrected chi connectivity index (χ4v) is 2.80. The zero-order chi connectivity index (χ0) is 14.9. The van der Waals surface area contributed by atoms with Crippen LogP contribution in [0.5, 0.6) is 0 Å². The van der Waals surface area contributed by atoms with Crippen LogP contribution in [0.4, 0.5) is 11.5 Å². The van der Waals surface area contributed by atoms with E-state index < -0.39 is 0 Å². The van der Waals surface area contributed by atoms with Gasteiger partial charge in [0, 0.05) is 19.5 Å². The van der Waals surface area contributed by atoms with E-state index in [0.717, 1.165) is 18.2 Å². The Balaban J connectivity index is 1.53. The molecule has 0 aliphatic heterocycles. The topological polar surface area (TPSA) is 80.0 Å². The Morgan fingerprint density at radius 1 is 1.24 bits per heavy atom. The molecule has 5 nitrogen and oxygen atoms in total. The smallest absolute Gasteiger partial charge is 0.220 e. The number of hydrogen-bond acceptors (Lipinski definition) is 4. The maximum Gasteiger partial charge on any atom is 0.220 e. The molecule has 1 fully saturated rings. The lowest BCUT2D eigenvalue weighted by Gasteiger charge is -2.21. The van der Waals surface area contributed by atoms with Gasteiger partial charge in [-0.25, -0.2) is 4.98 Å². The molecule has 0 bridgehead atoms. The van der Waals surface area contributed by atoms with Crippen molar-refractivity contribution < 1.29 is 4.79 Å². The Bertz CT molecular complexity index is 426. The lowest BCUT2D eigenvalue weighted by molar-refractivity contribution is -0.121. The highest BCUT2D eigenvalue weighted by atomic mass is 16.1. The predicted octanol–water partition coefficient (Wildman–Crippen LogP) is 2.55. The summed E-state index contributed by atoms with van der Waals surface area (Å²) in [5.74, 6) is 1.70. The molecule has 1 aliphatic carbocycles. The van der Waals surface area contributed by atoms with Crippen LogP contribution in [0.2, 0.25) is 0 Å². The van der Waals surface area contributed by atoms with Crippen LogP contribution in [-0.2, 0) is 4.79 Å². The quantitative estimate of drug-likeness (QED) is 0.674. The molecule has 1 aromatic rings. The molecular formula is C16H26N4O. The molecule has 0 atom stereocenters. The molecule has 2 rings (SSSR count). The summed E-state index contributed by atoms with van der Waals surface area (Å²) in [6.45, 7) is 1.29. The number of carbonyl (C=O) groups excluding carboxylic acids is 1. The van der Waals surface area contributed by atoms with Crippen molar-refractivity contribution in [2.75, 3.05) is 24.1 Å². The number of nitrogens with one attached hydrogen (secondary N) is 2. The van der Waals surface area contributed by atoms with Crippen LogP contribution in [0.25, 0.3) is 0 Å². The fourth-order valence-electron chi connectivity index (χ4n) is 2.80. The minimum Gasteiger partial charge on any atom is -0.397 e. The molecule has 0 radical (unpaired) electrons. The summed E-state index contributed by atoms with van der Waals surface area (Å²) in [5.41, 5.74) is 6.22. The summed E-state index contributed by atoms with van der Waals surface area (Å²) in [4.78, 5) is 15.9. The third-order valence-electron chi connectivity index (χ3n) is 4.04. The first-order valence-corrected chi connectivity index (χ1v) is 7.96. The number of aromatic nitrogens is 1. The molecule has 1 aliphatic rings. The van der Waals surface area contributed by atoms with Crippen LogP contribution in [0, 0.1) is 5.92 Å². The number of amides is 1. The van der Waals surface area contributed by atoms with E-state index in [9.17, 15) is 4.79 Å². The normalized spacial score (nSPS) is 15.6. The third kappa shape index (κ3) is 6.02. The highest BCUT2D eigenvalue weighted by Gasteiger charge is 2.14. The molecule has 116 valence electrons. The minimum atomic E-state index is 0.160. The SMILES string of the molecule is Nc1ccc(NCCNC(=O)CCC2CCCCC2)nc1. The van der Waals surface area contributed by atoms with Crippen molar-refractivity contribution in [3.63, 3.8) is 0 Å². The van der Waals surface area contributed by atoms with Gasteiger partial charge in [-0.1, -0.05) is 32.1 Å². The van der Waals surface area contributed by atoms with E-state index in [1.165, 1.54) is 32.1 Å². The Morgan fingerprint density at radius 2 is 2.05 bits per heavy atom. The first-order chi connectivity index (χ1) is 10.2. The van der Waals surface area contributed by atoms with E-state index in [0.29, 0.717) is 25.2 Å². The molecule has 5 heteroatoms. The second-order valence-corrected chi connectivity index (χ2v) is 5.80. The van der Waals surface area contributed by atoms with Crippen molar-refractivity contribution in [3.05, 3.63) is 18.3 Å². The number of nitrogens with two attached hydrogens (primary N) is 1. The Hall–Kier alpha value is -1.78. The van der Waals surface area contributed by atoms with Gasteiger partial charge < -0.3 is 16.4 Å². The van der Waals surface area contributed by atoms with Crippen LogP contribution in [-0.4, -0.2) is 24.0 Å². The highest BCUT2D eigenvalue weighted by molar-refractivity contribution is 5.75. The van der Waals surface area contributed by atoms with Crippen molar-refractivity contribution >= 4 is 17.4 Å². The van der Waals surface area contributed by atoms with Gasteiger partial charge in [-0.3, -0.25) is 4.79 Å². The van der Waals surface area contributed by atoms with Crippen molar-refractivity contribution in [1.29, 1.82) is 0 Å². The van der Waals surface area contributed by atoms with Crippen molar-refractivity contribution in [2.45, 2.75) is 44.9 Å². The van der Waals surface area contributed by atoms with Crippen LogP contribution in [0.15, 0.2) is 18.3 Å². The molecular weight excluding hydrogens is 264 g/mol. The van der Waals surface area contributed by atoms with Gasteiger partial charge in [0.2, 0.25) is 5.91 Å². The number of nitrogens with zero attached hydrogens (tertiary/aromatic N) is 1. The van der Waals surface area contributed by atoms with Gasteiger partial charge in [0.25, 0.3) is 0 Å². The van der Waals surface area contributed by atoms with Crippen molar-refractivity contribution in [3.8, 4) is 0 Å². The maximum atomic E-state index is 11.8. The molecule has 1 heterocycles. The molecule has 1 amide bonds. The molecule has 0 saturated heterocycles. The molecule has 4 N–H and O–H groups in total. The summed E-state index contributed by atoms with van der Waals surface area (Å²) in [6, 6.07) is 3.64. The first kappa shape index (κ1) is 15.6. The molecule has 0 aromatic carbocycles. The Labute approximate surface area is 126 Å². The average Bonchev–Trinajstić information content (AvgIpc) is 2.52. The largest absolute Gasteiger partial charge is 0.397 e. The predicted molar refractivity (Wildman–Crippen MR) is 86.0 cm³/mol. The number of rotatable bonds is 7. The standard InChI is InChI=1S/C16H26N4O/c17-14-7-8-15(20-12-14)18-10-11-19-16(21)9-6-13-4-2-1-3-5-13/h7-8,12-13H,1-6,9-11,17H2,(H,18,20)(H,19,21). The van der Waals surface area contributed by atoms with Gasteiger partial charge in [0.15, 0.2) is 0 Å². The third-order valence-corrected chi connectivity index (χ3v) is 4.04. The lowest BCUT2D eigenvalue weighted by atomic mass is 9.86. The van der Waals surface area contributed by atoms with Gasteiger partial charge in [-0.15, -0.1) is 0 Å². The van der Waals surface area contributed by atoms with Gasteiger partial charge in [-0.2, -0.15) is 0 Å². The summed E-state index contributed by atoms with van der Waals surface area (Å²) in [6.07, 6.45) is 9.97. The molecule has 0 unspecified atom stereocenters. The molecule has 21 heavy (non-hydrogen) atoms. The van der Waals surface area contributed by atoms with E-state index in [-0.39, 0.29) is 5.91 Å². The van der Waals surface area contributed by atoms with E-state index in [2.05, 4.69) is 15.6 Å². The van der Waals surface area contributed by atoms with E-state index in [4.69, 9.17) is 5.73 Å². The van der Waals surface area contributed by atoms with E-state index in [1.54, 1.807) is 12.3 Å². The molecule has 1 aromatic heterocycles. The van der Waals surface area contributed by atoms with Gasteiger partial charge in [0.1, 0.15) is 5.82 Å². The number of carbonyl (C=O) groups is 1. The van der Waals surface area contributed by atoms with Crippen LogP contribution >= 0.6 is 0 Å². The number of pyridine rings is 1. The fraction of sp³-hybridized carbons (Fsp3) is 0.625. The number of anilines is 2. The summed E-state index contributed by atoms with van der Waals surface area (Å²) in [5, 5.41) is 6.10. The summed E-state index contributed by atoms with van der Waals surface area (Å²) >= 11 is 0. The van der Waals surface area contributed by atoms with Crippen molar-refractivity contribution in [2.24, 2.45) is 5.92 Å². The van der Waals surface area contributed by atoms with E-state index >= 15 is 0 Å². The Morgan fingerprint density at radius 3 is 2.76 bits per heavy atom. The lowest BCUT2D eigenvalue weighted by Crippen LogP contribution is -2.29. The summed E-state index contributed by atoms with van der Waals surface area (Å²) < 4.78 is 0. The second kappa shape index (κ2) is 8.49. The zero-order valence-corrected chi connectivity index (χ0v) is 12.6. The molecule has 1 saturated carbocycles. The zero-order valence-electron chi connectivity index (χ0n) is 12.6. The van der Waals surface area contributed by atoms with Gasteiger partial charge in [-0.05, 0) is 24.5 Å². The maximum absolute atomic E-state index is 11.8. The van der Waals surface area contributed by atoms with Crippen LogP contribution in [0.3, 0.4) is 0 Å². The van der Waals surface area contributed by atoms with Crippen LogP contribution in [0.1, 0.15) is 44.9 Å². The van der Waals surface area contributed by atoms with Gasteiger partial charge in [0.05, 0.1) is 11.9 Å². The Kier molecular flexibility index (Phi) is 6.31. The highest BCUT2D eigenvalue weighted by Crippen LogP contribution is 2.27.